The lowest BCUT2D eigenvalue weighted by Crippen LogP contribution is -2.25. The molecule has 0 spiro atoms. The van der Waals surface area contributed by atoms with E-state index in [9.17, 15) is 4.79 Å². The number of aryl methyl sites for hydroxylation is 1. The zero-order valence-corrected chi connectivity index (χ0v) is 15.9. The third-order valence-electron chi connectivity index (χ3n) is 4.01. The van der Waals surface area contributed by atoms with Gasteiger partial charge in [-0.1, -0.05) is 30.7 Å². The molecular weight excluding hydrogens is 340 g/mol. The summed E-state index contributed by atoms with van der Waals surface area (Å²) in [4.78, 5) is 16.9. The van der Waals surface area contributed by atoms with Crippen LogP contribution in [0.2, 0.25) is 0 Å². The number of benzene rings is 2. The number of amides is 1. The first-order valence-electron chi connectivity index (χ1n) is 9.18. The highest BCUT2D eigenvalue weighted by Gasteiger charge is 2.18. The van der Waals surface area contributed by atoms with E-state index in [0.717, 1.165) is 29.0 Å². The molecule has 2 aromatic carbocycles. The van der Waals surface area contributed by atoms with Crippen molar-refractivity contribution in [3.63, 3.8) is 0 Å². The van der Waals surface area contributed by atoms with Crippen molar-refractivity contribution in [3.8, 4) is 22.8 Å². The van der Waals surface area contributed by atoms with Crippen molar-refractivity contribution >= 4 is 5.91 Å². The maximum atomic E-state index is 12.4. The molecule has 1 N–H and O–H groups in total. The number of hydrogen-bond acceptors (Lipinski definition) is 4. The second-order valence-electron chi connectivity index (χ2n) is 6.22. The lowest BCUT2D eigenvalue weighted by molar-refractivity contribution is 0.0943. The summed E-state index contributed by atoms with van der Waals surface area (Å²) in [5.74, 6) is 1.31. The number of carbonyl (C=O) groups excluding carboxylic acids is 1. The van der Waals surface area contributed by atoms with Crippen molar-refractivity contribution in [3.05, 3.63) is 59.9 Å². The predicted octanol–water partition coefficient (Wildman–Crippen LogP) is 3.78. The van der Waals surface area contributed by atoms with Crippen LogP contribution in [0.25, 0.3) is 17.1 Å². The molecule has 1 aromatic heterocycles. The van der Waals surface area contributed by atoms with E-state index >= 15 is 0 Å². The predicted molar refractivity (Wildman–Crippen MR) is 105 cm³/mol. The summed E-state index contributed by atoms with van der Waals surface area (Å²) in [6, 6.07) is 15.6. The van der Waals surface area contributed by atoms with Gasteiger partial charge in [0.15, 0.2) is 5.82 Å². The van der Waals surface area contributed by atoms with Crippen molar-refractivity contribution in [2.45, 2.75) is 27.2 Å². The number of rotatable bonds is 7. The Kier molecular flexibility index (Phi) is 5.86. The molecule has 27 heavy (non-hydrogen) atoms. The van der Waals surface area contributed by atoms with Gasteiger partial charge in [-0.05, 0) is 50.6 Å². The number of aromatic nitrogens is 3. The average molecular weight is 364 g/mol. The third-order valence-corrected chi connectivity index (χ3v) is 4.01. The van der Waals surface area contributed by atoms with Crippen LogP contribution >= 0.6 is 0 Å². The maximum absolute atomic E-state index is 12.4. The largest absolute Gasteiger partial charge is 0.494 e. The van der Waals surface area contributed by atoms with E-state index in [1.807, 2.05) is 69.3 Å². The summed E-state index contributed by atoms with van der Waals surface area (Å²) in [7, 11) is 0. The van der Waals surface area contributed by atoms with Crippen molar-refractivity contribution in [1.82, 2.24) is 20.1 Å². The molecule has 6 nitrogen and oxygen atoms in total. The molecule has 0 aliphatic carbocycles. The van der Waals surface area contributed by atoms with E-state index in [0.29, 0.717) is 19.0 Å². The Hall–Kier alpha value is -3.15. The standard InChI is InChI=1S/C21H24N4O2/c1-4-13-22-21(26)19-23-20(16-8-6-7-15(3)14-16)25(24-19)17-9-11-18(12-10-17)27-5-2/h6-12,14H,4-5,13H2,1-3H3,(H,22,26). The fourth-order valence-electron chi connectivity index (χ4n) is 2.73. The molecule has 0 aliphatic heterocycles. The van der Waals surface area contributed by atoms with Crippen LogP contribution < -0.4 is 10.1 Å². The van der Waals surface area contributed by atoms with Crippen molar-refractivity contribution in [2.75, 3.05) is 13.2 Å². The lowest BCUT2D eigenvalue weighted by atomic mass is 10.1. The van der Waals surface area contributed by atoms with Gasteiger partial charge >= 0.3 is 0 Å². The monoisotopic (exact) mass is 364 g/mol. The first-order chi connectivity index (χ1) is 13.1. The van der Waals surface area contributed by atoms with Crippen LogP contribution in [0.3, 0.4) is 0 Å². The Labute approximate surface area is 159 Å². The van der Waals surface area contributed by atoms with E-state index in [4.69, 9.17) is 4.74 Å². The van der Waals surface area contributed by atoms with Crippen molar-refractivity contribution in [1.29, 1.82) is 0 Å². The topological polar surface area (TPSA) is 69.0 Å². The molecule has 1 heterocycles. The highest BCUT2D eigenvalue weighted by Crippen LogP contribution is 2.23. The molecule has 0 fully saturated rings. The summed E-state index contributed by atoms with van der Waals surface area (Å²) in [5, 5.41) is 7.30. The summed E-state index contributed by atoms with van der Waals surface area (Å²) < 4.78 is 7.21. The highest BCUT2D eigenvalue weighted by molar-refractivity contribution is 5.91. The molecule has 0 aliphatic rings. The maximum Gasteiger partial charge on any atom is 0.290 e. The van der Waals surface area contributed by atoms with E-state index in [1.165, 1.54) is 0 Å². The van der Waals surface area contributed by atoms with Crippen LogP contribution in [-0.4, -0.2) is 33.8 Å². The van der Waals surface area contributed by atoms with Crippen LogP contribution in [0, 0.1) is 6.92 Å². The molecular formula is C21H24N4O2. The second kappa shape index (κ2) is 8.49. The minimum Gasteiger partial charge on any atom is -0.494 e. The summed E-state index contributed by atoms with van der Waals surface area (Å²) in [6.07, 6.45) is 0.857. The number of ether oxygens (including phenoxy) is 1. The van der Waals surface area contributed by atoms with Crippen molar-refractivity contribution in [2.24, 2.45) is 0 Å². The quantitative estimate of drug-likeness (QED) is 0.693. The summed E-state index contributed by atoms with van der Waals surface area (Å²) in [5.41, 5.74) is 2.84. The van der Waals surface area contributed by atoms with Crippen LogP contribution in [0.15, 0.2) is 48.5 Å². The molecule has 0 saturated carbocycles. The minimum atomic E-state index is -0.268. The fourth-order valence-corrected chi connectivity index (χ4v) is 2.73. The van der Waals surface area contributed by atoms with Gasteiger partial charge in [-0.15, -0.1) is 5.10 Å². The van der Waals surface area contributed by atoms with Gasteiger partial charge in [0.1, 0.15) is 5.75 Å². The molecule has 0 saturated heterocycles. The number of nitrogens with one attached hydrogen (secondary N) is 1. The number of carbonyl (C=O) groups is 1. The molecule has 0 atom stereocenters. The minimum absolute atomic E-state index is 0.161. The molecule has 1 amide bonds. The smallest absolute Gasteiger partial charge is 0.290 e. The fraction of sp³-hybridized carbons (Fsp3) is 0.286. The Morgan fingerprint density at radius 3 is 2.59 bits per heavy atom. The van der Waals surface area contributed by atoms with Gasteiger partial charge in [0.05, 0.1) is 12.3 Å². The summed E-state index contributed by atoms with van der Waals surface area (Å²) >= 11 is 0. The number of nitrogens with zero attached hydrogens (tertiary/aromatic N) is 3. The first-order valence-corrected chi connectivity index (χ1v) is 9.18. The van der Waals surface area contributed by atoms with Gasteiger partial charge in [-0.2, -0.15) is 0 Å². The van der Waals surface area contributed by atoms with Gasteiger partial charge in [-0.3, -0.25) is 4.79 Å². The van der Waals surface area contributed by atoms with Gasteiger partial charge in [0.2, 0.25) is 5.82 Å². The van der Waals surface area contributed by atoms with Crippen LogP contribution in [-0.2, 0) is 0 Å². The van der Waals surface area contributed by atoms with E-state index in [2.05, 4.69) is 15.4 Å². The van der Waals surface area contributed by atoms with Gasteiger partial charge in [-0.25, -0.2) is 9.67 Å². The van der Waals surface area contributed by atoms with Crippen LogP contribution in [0.4, 0.5) is 0 Å². The lowest BCUT2D eigenvalue weighted by Gasteiger charge is -2.08. The Balaban J connectivity index is 2.04. The highest BCUT2D eigenvalue weighted by atomic mass is 16.5. The molecule has 0 bridgehead atoms. The van der Waals surface area contributed by atoms with Crippen LogP contribution in [0.1, 0.15) is 36.5 Å². The Bertz CT molecular complexity index is 916. The molecule has 140 valence electrons. The summed E-state index contributed by atoms with van der Waals surface area (Å²) in [6.45, 7) is 7.18. The number of hydrogen-bond donors (Lipinski definition) is 1. The third kappa shape index (κ3) is 4.34. The molecule has 3 rings (SSSR count). The van der Waals surface area contributed by atoms with Crippen LogP contribution in [0.5, 0.6) is 5.75 Å². The zero-order valence-electron chi connectivity index (χ0n) is 15.9. The molecule has 6 heteroatoms. The molecule has 0 radical (unpaired) electrons. The van der Waals surface area contributed by atoms with Gasteiger partial charge in [0, 0.05) is 12.1 Å². The Morgan fingerprint density at radius 2 is 1.93 bits per heavy atom. The molecule has 0 unspecified atom stereocenters. The van der Waals surface area contributed by atoms with E-state index in [-0.39, 0.29) is 11.7 Å². The van der Waals surface area contributed by atoms with Crippen molar-refractivity contribution < 1.29 is 9.53 Å². The SMILES string of the molecule is CCCNC(=O)c1nc(-c2cccc(C)c2)n(-c2ccc(OCC)cc2)n1. The van der Waals surface area contributed by atoms with E-state index in [1.54, 1.807) is 4.68 Å². The van der Waals surface area contributed by atoms with Gasteiger partial charge < -0.3 is 10.1 Å². The normalized spacial score (nSPS) is 10.6. The second-order valence-corrected chi connectivity index (χ2v) is 6.22. The zero-order chi connectivity index (χ0) is 19.2. The van der Waals surface area contributed by atoms with Gasteiger partial charge in [0.25, 0.3) is 5.91 Å². The average Bonchev–Trinajstić information content (AvgIpc) is 3.12. The molecule has 3 aromatic rings. The van der Waals surface area contributed by atoms with E-state index < -0.39 is 0 Å². The first kappa shape index (κ1) is 18.6. The Morgan fingerprint density at radius 1 is 1.15 bits per heavy atom.